The van der Waals surface area contributed by atoms with Crippen molar-refractivity contribution >= 4 is 10.2 Å². The molecule has 1 aromatic carbocycles. The van der Waals surface area contributed by atoms with Crippen LogP contribution in [0.1, 0.15) is 51.0 Å². The fraction of sp³-hybridized carbons (Fsp3) is 0.700. The van der Waals surface area contributed by atoms with E-state index < -0.39 is 10.2 Å². The van der Waals surface area contributed by atoms with Gasteiger partial charge in [0.2, 0.25) is 0 Å². The molecule has 27 heavy (non-hydrogen) atoms. The standard InChI is InChI=1S/C20H30N2O4S/c1-16-5-4-10-22(14-16)27(23,24)21-15-20(8-2-3-9-20)17-6-7-18-19(13-17)26-12-11-25-18/h6-7,13,16,21H,2-5,8-12,14-15H2,1H3. The summed E-state index contributed by atoms with van der Waals surface area (Å²) in [5.41, 5.74) is 0.989. The van der Waals surface area contributed by atoms with E-state index in [0.29, 0.717) is 38.8 Å². The number of nitrogens with zero attached hydrogens (tertiary/aromatic N) is 1. The minimum atomic E-state index is -3.44. The van der Waals surface area contributed by atoms with Crippen molar-refractivity contribution in [3.05, 3.63) is 23.8 Å². The van der Waals surface area contributed by atoms with Crippen molar-refractivity contribution in [3.63, 3.8) is 0 Å². The lowest BCUT2D eigenvalue weighted by Crippen LogP contribution is -2.49. The predicted octanol–water partition coefficient (Wildman–Crippen LogP) is 2.84. The number of piperidine rings is 1. The molecule has 2 fully saturated rings. The van der Waals surface area contributed by atoms with Crippen LogP contribution >= 0.6 is 0 Å². The molecule has 1 saturated carbocycles. The van der Waals surface area contributed by atoms with Gasteiger partial charge in [-0.05, 0) is 49.3 Å². The molecule has 0 bridgehead atoms. The quantitative estimate of drug-likeness (QED) is 0.834. The lowest BCUT2D eigenvalue weighted by molar-refractivity contribution is 0.171. The fourth-order valence-corrected chi connectivity index (χ4v) is 6.14. The van der Waals surface area contributed by atoms with Gasteiger partial charge in [-0.25, -0.2) is 4.72 Å². The molecule has 1 atom stereocenters. The van der Waals surface area contributed by atoms with Crippen molar-refractivity contribution in [2.75, 3.05) is 32.8 Å². The zero-order valence-electron chi connectivity index (χ0n) is 16.1. The van der Waals surface area contributed by atoms with Gasteiger partial charge in [0.1, 0.15) is 13.2 Å². The molecule has 1 N–H and O–H groups in total. The molecule has 3 aliphatic rings. The number of benzene rings is 1. The number of fused-ring (bicyclic) bond motifs is 1. The Morgan fingerprint density at radius 2 is 1.89 bits per heavy atom. The maximum atomic E-state index is 12.9. The summed E-state index contributed by atoms with van der Waals surface area (Å²) in [7, 11) is -3.44. The summed E-state index contributed by atoms with van der Waals surface area (Å²) in [5.74, 6) is 1.98. The van der Waals surface area contributed by atoms with E-state index in [2.05, 4.69) is 23.8 Å². The summed E-state index contributed by atoms with van der Waals surface area (Å²) in [4.78, 5) is 0. The first-order chi connectivity index (χ1) is 13.0. The Balaban J connectivity index is 1.52. The molecule has 150 valence electrons. The van der Waals surface area contributed by atoms with Crippen LogP contribution in [-0.4, -0.2) is 45.6 Å². The number of hydrogen-bond acceptors (Lipinski definition) is 4. The first-order valence-corrected chi connectivity index (χ1v) is 11.6. The fourth-order valence-electron chi connectivity index (χ4n) is 4.68. The van der Waals surface area contributed by atoms with E-state index in [1.165, 1.54) is 0 Å². The monoisotopic (exact) mass is 394 g/mol. The zero-order chi connectivity index (χ0) is 18.9. The van der Waals surface area contributed by atoms with E-state index in [9.17, 15) is 8.42 Å². The van der Waals surface area contributed by atoms with E-state index in [0.717, 1.165) is 55.6 Å². The number of ether oxygens (including phenoxy) is 2. The van der Waals surface area contributed by atoms with Crippen LogP contribution in [0, 0.1) is 5.92 Å². The summed E-state index contributed by atoms with van der Waals surface area (Å²) in [6.45, 7) is 4.94. The average molecular weight is 395 g/mol. The Morgan fingerprint density at radius 3 is 2.63 bits per heavy atom. The highest BCUT2D eigenvalue weighted by molar-refractivity contribution is 7.87. The van der Waals surface area contributed by atoms with E-state index in [1.807, 2.05) is 6.07 Å². The molecule has 0 aromatic heterocycles. The largest absolute Gasteiger partial charge is 0.486 e. The minimum absolute atomic E-state index is 0.162. The smallest absolute Gasteiger partial charge is 0.279 e. The molecule has 1 unspecified atom stereocenters. The lowest BCUT2D eigenvalue weighted by Gasteiger charge is -2.34. The molecule has 4 rings (SSSR count). The van der Waals surface area contributed by atoms with Crippen LogP contribution in [0.3, 0.4) is 0 Å². The zero-order valence-corrected chi connectivity index (χ0v) is 16.9. The molecule has 0 spiro atoms. The van der Waals surface area contributed by atoms with Gasteiger partial charge in [0.25, 0.3) is 10.2 Å². The SMILES string of the molecule is CC1CCCN(S(=O)(=O)NCC2(c3ccc4c(c3)OCCO4)CCCC2)C1. The molecular formula is C20H30N2O4S. The first-order valence-electron chi connectivity index (χ1n) is 10.1. The molecule has 1 aromatic rings. The van der Waals surface area contributed by atoms with Gasteiger partial charge >= 0.3 is 0 Å². The summed E-state index contributed by atoms with van der Waals surface area (Å²) in [5, 5.41) is 0. The second-order valence-electron chi connectivity index (χ2n) is 8.28. The van der Waals surface area contributed by atoms with Crippen LogP contribution in [0.25, 0.3) is 0 Å². The third-order valence-corrected chi connectivity index (χ3v) is 7.79. The van der Waals surface area contributed by atoms with E-state index >= 15 is 0 Å². The van der Waals surface area contributed by atoms with Crippen molar-refractivity contribution in [1.29, 1.82) is 0 Å². The van der Waals surface area contributed by atoms with Crippen LogP contribution < -0.4 is 14.2 Å². The molecule has 1 aliphatic carbocycles. The van der Waals surface area contributed by atoms with Crippen molar-refractivity contribution in [3.8, 4) is 11.5 Å². The molecule has 2 heterocycles. The normalized spacial score (nSPS) is 25.4. The van der Waals surface area contributed by atoms with Gasteiger partial charge in [-0.3, -0.25) is 0 Å². The second kappa shape index (κ2) is 7.60. The number of rotatable bonds is 5. The van der Waals surface area contributed by atoms with Gasteiger partial charge in [-0.1, -0.05) is 25.8 Å². The molecule has 6 nitrogen and oxygen atoms in total. The average Bonchev–Trinajstić information content (AvgIpc) is 3.16. The molecule has 1 saturated heterocycles. The van der Waals surface area contributed by atoms with Gasteiger partial charge in [-0.2, -0.15) is 12.7 Å². The number of nitrogens with one attached hydrogen (secondary N) is 1. The highest BCUT2D eigenvalue weighted by atomic mass is 32.2. The van der Waals surface area contributed by atoms with Crippen molar-refractivity contribution in [2.24, 2.45) is 5.92 Å². The molecule has 2 aliphatic heterocycles. The van der Waals surface area contributed by atoms with Crippen molar-refractivity contribution in [2.45, 2.75) is 50.9 Å². The van der Waals surface area contributed by atoms with Crippen LogP contribution in [0.5, 0.6) is 11.5 Å². The summed E-state index contributed by atoms with van der Waals surface area (Å²) in [6, 6.07) is 6.10. The summed E-state index contributed by atoms with van der Waals surface area (Å²) >= 11 is 0. The molecule has 0 amide bonds. The van der Waals surface area contributed by atoms with Gasteiger partial charge in [0.05, 0.1) is 0 Å². The maximum Gasteiger partial charge on any atom is 0.279 e. The minimum Gasteiger partial charge on any atom is -0.486 e. The summed E-state index contributed by atoms with van der Waals surface area (Å²) in [6.07, 6.45) is 6.27. The van der Waals surface area contributed by atoms with E-state index in [-0.39, 0.29) is 5.41 Å². The Kier molecular flexibility index (Phi) is 5.36. The lowest BCUT2D eigenvalue weighted by atomic mass is 9.79. The van der Waals surface area contributed by atoms with Crippen LogP contribution in [0.2, 0.25) is 0 Å². The maximum absolute atomic E-state index is 12.9. The molecule has 7 heteroatoms. The van der Waals surface area contributed by atoms with Crippen molar-refractivity contribution < 1.29 is 17.9 Å². The molecular weight excluding hydrogens is 364 g/mol. The van der Waals surface area contributed by atoms with E-state index in [4.69, 9.17) is 9.47 Å². The highest BCUT2D eigenvalue weighted by Crippen LogP contribution is 2.44. The Bertz CT molecular complexity index is 774. The third-order valence-electron chi connectivity index (χ3n) is 6.27. The van der Waals surface area contributed by atoms with Crippen molar-refractivity contribution in [1.82, 2.24) is 9.03 Å². The Morgan fingerprint density at radius 1 is 1.15 bits per heavy atom. The summed E-state index contributed by atoms with van der Waals surface area (Å²) < 4.78 is 41.7. The Hall–Kier alpha value is -1.31. The van der Waals surface area contributed by atoms with Crippen LogP contribution in [0.4, 0.5) is 0 Å². The van der Waals surface area contributed by atoms with Crippen LogP contribution in [0.15, 0.2) is 18.2 Å². The second-order valence-corrected chi connectivity index (χ2v) is 10.0. The van der Waals surface area contributed by atoms with Gasteiger partial charge < -0.3 is 9.47 Å². The highest BCUT2D eigenvalue weighted by Gasteiger charge is 2.38. The van der Waals surface area contributed by atoms with E-state index in [1.54, 1.807) is 4.31 Å². The first kappa shape index (κ1) is 19.0. The predicted molar refractivity (Wildman–Crippen MR) is 104 cm³/mol. The Labute approximate surface area is 162 Å². The molecule has 0 radical (unpaired) electrons. The van der Waals surface area contributed by atoms with Gasteiger partial charge in [-0.15, -0.1) is 0 Å². The number of hydrogen-bond donors (Lipinski definition) is 1. The van der Waals surface area contributed by atoms with Gasteiger partial charge in [0.15, 0.2) is 11.5 Å². The topological polar surface area (TPSA) is 67.9 Å². The van der Waals surface area contributed by atoms with Crippen LogP contribution in [-0.2, 0) is 15.6 Å². The van der Waals surface area contributed by atoms with Gasteiger partial charge in [0, 0.05) is 25.0 Å². The third kappa shape index (κ3) is 3.96.